The first kappa shape index (κ1) is 16.2. The lowest BCUT2D eigenvalue weighted by Crippen LogP contribution is -2.30. The normalized spacial score (nSPS) is 16.9. The summed E-state index contributed by atoms with van der Waals surface area (Å²) in [4.78, 5) is 19.8. The Morgan fingerprint density at radius 2 is 1.93 bits per heavy atom. The lowest BCUT2D eigenvalue weighted by molar-refractivity contribution is 0.0729. The number of amides is 1. The van der Waals surface area contributed by atoms with Crippen LogP contribution in [0.1, 0.15) is 34.4 Å². The molecule has 1 aliphatic heterocycles. The van der Waals surface area contributed by atoms with Crippen molar-refractivity contribution < 1.29 is 4.79 Å². The number of hydrogen-bond donors (Lipinski definition) is 1. The van der Waals surface area contributed by atoms with Crippen molar-refractivity contribution in [1.29, 1.82) is 0 Å². The van der Waals surface area contributed by atoms with Crippen molar-refractivity contribution in [2.45, 2.75) is 18.9 Å². The van der Waals surface area contributed by atoms with E-state index in [-0.39, 0.29) is 11.9 Å². The Morgan fingerprint density at radius 1 is 1.11 bits per heavy atom. The third-order valence-corrected chi connectivity index (χ3v) is 6.12. The highest BCUT2D eigenvalue weighted by Crippen LogP contribution is 2.37. The fourth-order valence-corrected chi connectivity index (χ4v) is 4.76. The van der Waals surface area contributed by atoms with Crippen LogP contribution >= 0.6 is 11.3 Å². The Bertz CT molecular complexity index is 1070. The van der Waals surface area contributed by atoms with Crippen molar-refractivity contribution in [3.63, 3.8) is 0 Å². The number of fused-ring (bicyclic) bond motifs is 1. The number of benzene rings is 2. The summed E-state index contributed by atoms with van der Waals surface area (Å²) in [6, 6.07) is 19.9. The van der Waals surface area contributed by atoms with Crippen molar-refractivity contribution in [3.8, 4) is 11.3 Å². The maximum atomic E-state index is 13.1. The third-order valence-electron chi connectivity index (χ3n) is 4.99. The minimum absolute atomic E-state index is 0.00793. The number of nitrogens with zero attached hydrogens (tertiary/aromatic N) is 3. The second-order valence-electron chi connectivity index (χ2n) is 6.71. The van der Waals surface area contributed by atoms with Crippen LogP contribution in [0.3, 0.4) is 0 Å². The van der Waals surface area contributed by atoms with E-state index in [2.05, 4.69) is 16.3 Å². The molecule has 2 aromatic carbocycles. The number of carbonyl (C=O) groups is 1. The molecule has 0 saturated carbocycles. The summed E-state index contributed by atoms with van der Waals surface area (Å²) in [5.74, 6) is -0.00793. The molecule has 0 aliphatic carbocycles. The van der Waals surface area contributed by atoms with Crippen molar-refractivity contribution in [2.24, 2.45) is 0 Å². The predicted octanol–water partition coefficient (Wildman–Crippen LogP) is 4.66. The summed E-state index contributed by atoms with van der Waals surface area (Å²) in [5.41, 5.74) is 3.32. The molecule has 6 heteroatoms. The van der Waals surface area contributed by atoms with E-state index in [4.69, 9.17) is 4.98 Å². The maximum absolute atomic E-state index is 13.1. The van der Waals surface area contributed by atoms with Gasteiger partial charge < -0.3 is 4.90 Å². The molecule has 1 fully saturated rings. The number of aromatic amines is 1. The number of rotatable bonds is 3. The van der Waals surface area contributed by atoms with Crippen LogP contribution < -0.4 is 0 Å². The number of aromatic nitrogens is 3. The third kappa shape index (κ3) is 2.92. The Labute approximate surface area is 160 Å². The van der Waals surface area contributed by atoms with Gasteiger partial charge in [0.1, 0.15) is 10.7 Å². The van der Waals surface area contributed by atoms with Crippen LogP contribution in [-0.2, 0) is 0 Å². The van der Waals surface area contributed by atoms with Gasteiger partial charge in [0.15, 0.2) is 0 Å². The van der Waals surface area contributed by atoms with E-state index >= 15 is 0 Å². The Balaban J connectivity index is 1.43. The van der Waals surface area contributed by atoms with Gasteiger partial charge in [0.2, 0.25) is 0 Å². The van der Waals surface area contributed by atoms with E-state index in [1.807, 2.05) is 59.5 Å². The number of carbonyl (C=O) groups excluding carboxylic acids is 1. The molecule has 1 saturated heterocycles. The highest BCUT2D eigenvalue weighted by molar-refractivity contribution is 7.18. The summed E-state index contributed by atoms with van der Waals surface area (Å²) >= 11 is 1.68. The fourth-order valence-electron chi connectivity index (χ4n) is 3.64. The lowest BCUT2D eigenvalue weighted by Gasteiger charge is -2.22. The summed E-state index contributed by atoms with van der Waals surface area (Å²) in [5, 5.41) is 8.27. The molecule has 4 aromatic rings. The average molecular weight is 374 g/mol. The van der Waals surface area contributed by atoms with E-state index < -0.39 is 0 Å². The molecule has 5 rings (SSSR count). The molecule has 5 nitrogen and oxygen atoms in total. The highest BCUT2D eigenvalue weighted by atomic mass is 32.1. The van der Waals surface area contributed by atoms with Gasteiger partial charge in [-0.05, 0) is 31.0 Å². The molecular formula is C21H18N4OS. The number of nitrogens with one attached hydrogen (secondary N) is 1. The quantitative estimate of drug-likeness (QED) is 0.567. The molecule has 3 heterocycles. The van der Waals surface area contributed by atoms with Crippen molar-refractivity contribution in [1.82, 2.24) is 20.1 Å². The second-order valence-corrected chi connectivity index (χ2v) is 7.77. The van der Waals surface area contributed by atoms with Gasteiger partial charge in [-0.15, -0.1) is 11.3 Å². The molecule has 27 heavy (non-hydrogen) atoms. The largest absolute Gasteiger partial charge is 0.328 e. The Hall–Kier alpha value is -2.99. The van der Waals surface area contributed by atoms with Crippen LogP contribution in [0, 0.1) is 0 Å². The second kappa shape index (κ2) is 6.63. The smallest absolute Gasteiger partial charge is 0.272 e. The van der Waals surface area contributed by atoms with Gasteiger partial charge in [-0.1, -0.05) is 42.5 Å². The highest BCUT2D eigenvalue weighted by Gasteiger charge is 2.33. The SMILES string of the molecule is O=C(c1cc(-c2ccccc2)n[nH]1)N1CCCC1c1nc2ccccc2s1. The van der Waals surface area contributed by atoms with E-state index in [9.17, 15) is 4.79 Å². The van der Waals surface area contributed by atoms with E-state index in [0.29, 0.717) is 5.69 Å². The zero-order chi connectivity index (χ0) is 18.2. The summed E-state index contributed by atoms with van der Waals surface area (Å²) < 4.78 is 1.17. The van der Waals surface area contributed by atoms with Crippen LogP contribution in [0.2, 0.25) is 0 Å². The van der Waals surface area contributed by atoms with Crippen molar-refractivity contribution in [2.75, 3.05) is 6.54 Å². The zero-order valence-corrected chi connectivity index (χ0v) is 15.4. The molecule has 0 bridgehead atoms. The minimum Gasteiger partial charge on any atom is -0.328 e. The summed E-state index contributed by atoms with van der Waals surface area (Å²) in [6.45, 7) is 0.749. The van der Waals surface area contributed by atoms with Gasteiger partial charge in [-0.3, -0.25) is 9.89 Å². The zero-order valence-electron chi connectivity index (χ0n) is 14.6. The van der Waals surface area contributed by atoms with Crippen LogP contribution in [0.15, 0.2) is 60.7 Å². The van der Waals surface area contributed by atoms with E-state index in [0.717, 1.165) is 41.2 Å². The topological polar surface area (TPSA) is 61.9 Å². The van der Waals surface area contributed by atoms with Gasteiger partial charge in [0.25, 0.3) is 5.91 Å². The average Bonchev–Trinajstić information content (AvgIpc) is 3.46. The molecular weight excluding hydrogens is 356 g/mol. The van der Waals surface area contributed by atoms with E-state index in [1.54, 1.807) is 11.3 Å². The number of thiazole rings is 1. The first-order chi connectivity index (χ1) is 13.3. The molecule has 134 valence electrons. The van der Waals surface area contributed by atoms with Gasteiger partial charge >= 0.3 is 0 Å². The molecule has 1 amide bonds. The first-order valence-corrected chi connectivity index (χ1v) is 9.88. The van der Waals surface area contributed by atoms with E-state index in [1.165, 1.54) is 4.70 Å². The monoisotopic (exact) mass is 374 g/mol. The van der Waals surface area contributed by atoms with Crippen LogP contribution in [0.5, 0.6) is 0 Å². The fraction of sp³-hybridized carbons (Fsp3) is 0.190. The molecule has 1 unspecified atom stereocenters. The minimum atomic E-state index is -0.00793. The van der Waals surface area contributed by atoms with Crippen LogP contribution in [-0.4, -0.2) is 32.5 Å². The van der Waals surface area contributed by atoms with Gasteiger partial charge in [-0.25, -0.2) is 4.98 Å². The molecule has 1 N–H and O–H groups in total. The maximum Gasteiger partial charge on any atom is 0.272 e. The number of likely N-dealkylation sites (tertiary alicyclic amines) is 1. The van der Waals surface area contributed by atoms with Gasteiger partial charge in [0.05, 0.1) is 22.0 Å². The molecule has 0 spiro atoms. The van der Waals surface area contributed by atoms with Crippen LogP contribution in [0.25, 0.3) is 21.5 Å². The standard InChI is InChI=1S/C21H18N4OS/c26-21(17-13-16(23-24-17)14-7-2-1-3-8-14)25-12-6-10-18(25)20-22-15-9-4-5-11-19(15)27-20/h1-5,7-9,11,13,18H,6,10,12H2,(H,23,24). The Morgan fingerprint density at radius 3 is 2.78 bits per heavy atom. The lowest BCUT2D eigenvalue weighted by atomic mass is 10.1. The number of hydrogen-bond acceptors (Lipinski definition) is 4. The summed E-state index contributed by atoms with van der Waals surface area (Å²) in [6.07, 6.45) is 1.94. The van der Waals surface area contributed by atoms with Crippen LogP contribution in [0.4, 0.5) is 0 Å². The molecule has 1 aliphatic rings. The molecule has 1 atom stereocenters. The molecule has 0 radical (unpaired) electrons. The van der Waals surface area contributed by atoms with Gasteiger partial charge in [0, 0.05) is 12.1 Å². The number of para-hydroxylation sites is 1. The predicted molar refractivity (Wildman–Crippen MR) is 107 cm³/mol. The summed E-state index contributed by atoms with van der Waals surface area (Å²) in [7, 11) is 0. The Kier molecular flexibility index (Phi) is 3.98. The van der Waals surface area contributed by atoms with Crippen molar-refractivity contribution in [3.05, 3.63) is 71.4 Å². The van der Waals surface area contributed by atoms with Gasteiger partial charge in [-0.2, -0.15) is 5.10 Å². The number of H-pyrrole nitrogens is 1. The molecule has 2 aromatic heterocycles. The van der Waals surface area contributed by atoms with Crippen molar-refractivity contribution >= 4 is 27.5 Å². The first-order valence-electron chi connectivity index (χ1n) is 9.07.